The first-order chi connectivity index (χ1) is 27.8. The van der Waals surface area contributed by atoms with Gasteiger partial charge in [-0.15, -0.1) is 0 Å². The van der Waals surface area contributed by atoms with E-state index < -0.39 is 32.5 Å². The average Bonchev–Trinajstić information content (AvgIpc) is 3.20. The molecule has 0 saturated carbocycles. The number of carbonyl (C=O) groups is 2. The molecule has 9 nitrogen and oxygen atoms in total. The van der Waals surface area contributed by atoms with Gasteiger partial charge in [-0.05, 0) is 89.9 Å². The Morgan fingerprint density at radius 2 is 0.982 bits per heavy atom. The van der Waals surface area contributed by atoms with Gasteiger partial charge in [0.15, 0.2) is 6.10 Å². The molecule has 2 unspecified atom stereocenters. The smallest absolute Gasteiger partial charge is 0.462 e. The molecule has 57 heavy (non-hydrogen) atoms. The Kier molecular flexibility index (Phi) is 39.4. The standard InChI is InChI=1S/C47H74NO8P/c1-3-5-7-9-11-13-15-17-19-21-22-24-26-28-30-32-34-36-38-40-47(50)56-45(44-55-57(51,52)54-42-41-48)43-53-46(49)39-37-35-33-31-29-27-25-23-20-18-16-14-12-10-8-6-4-2/h5,7,11-14,17-20,22,24-25,27-28,30-31,33-34,36,45H,3-4,6,8-10,15-16,21,23,26,29,32,35,37-44,48H2,1-2H3,(H,51,52)/b7-5-,13-11-,14-12-,19-17-,20-18-,24-22-,27-25-,30-28-,33-31-,36-34-. The molecule has 3 N–H and O–H groups in total. The lowest BCUT2D eigenvalue weighted by Gasteiger charge is -2.19. The van der Waals surface area contributed by atoms with Crippen LogP contribution in [0.5, 0.6) is 0 Å². The fourth-order valence-corrected chi connectivity index (χ4v) is 5.53. The molecule has 0 aliphatic heterocycles. The van der Waals surface area contributed by atoms with E-state index in [1.807, 2.05) is 18.2 Å². The zero-order valence-electron chi connectivity index (χ0n) is 35.0. The van der Waals surface area contributed by atoms with Crippen LogP contribution in [0.4, 0.5) is 0 Å². The van der Waals surface area contributed by atoms with Gasteiger partial charge in [0.25, 0.3) is 0 Å². The van der Waals surface area contributed by atoms with Crippen molar-refractivity contribution in [1.82, 2.24) is 0 Å². The summed E-state index contributed by atoms with van der Waals surface area (Å²) in [5.74, 6) is -1.01. The van der Waals surface area contributed by atoms with Gasteiger partial charge in [-0.3, -0.25) is 18.6 Å². The first kappa shape index (κ1) is 53.4. The van der Waals surface area contributed by atoms with Gasteiger partial charge in [0, 0.05) is 19.4 Å². The molecule has 0 aromatic carbocycles. The third-order valence-corrected chi connectivity index (χ3v) is 8.83. The second-order valence-corrected chi connectivity index (χ2v) is 14.6. The number of phosphoric acid groups is 1. The molecule has 0 fully saturated rings. The fourth-order valence-electron chi connectivity index (χ4n) is 4.77. The summed E-state index contributed by atoms with van der Waals surface area (Å²) in [6.45, 7) is 3.40. The summed E-state index contributed by atoms with van der Waals surface area (Å²) in [4.78, 5) is 34.8. The van der Waals surface area contributed by atoms with Gasteiger partial charge in [-0.25, -0.2) is 4.57 Å². The minimum Gasteiger partial charge on any atom is -0.462 e. The summed E-state index contributed by atoms with van der Waals surface area (Å²) in [6.07, 6.45) is 56.8. The van der Waals surface area contributed by atoms with E-state index in [4.69, 9.17) is 24.3 Å². The first-order valence-electron chi connectivity index (χ1n) is 21.0. The van der Waals surface area contributed by atoms with Crippen LogP contribution in [-0.2, 0) is 32.7 Å². The maximum atomic E-state index is 12.5. The predicted molar refractivity (Wildman–Crippen MR) is 237 cm³/mol. The summed E-state index contributed by atoms with van der Waals surface area (Å²) in [5.41, 5.74) is 5.33. The molecular formula is C47H74NO8P. The maximum absolute atomic E-state index is 12.5. The van der Waals surface area contributed by atoms with E-state index in [-0.39, 0.29) is 32.6 Å². The highest BCUT2D eigenvalue weighted by atomic mass is 31.2. The molecule has 320 valence electrons. The van der Waals surface area contributed by atoms with Gasteiger partial charge < -0.3 is 20.1 Å². The molecule has 0 radical (unpaired) electrons. The summed E-state index contributed by atoms with van der Waals surface area (Å²) in [5, 5.41) is 0. The van der Waals surface area contributed by atoms with E-state index in [9.17, 15) is 19.0 Å². The van der Waals surface area contributed by atoms with Crippen LogP contribution in [0.2, 0.25) is 0 Å². The van der Waals surface area contributed by atoms with E-state index in [1.54, 1.807) is 0 Å². The highest BCUT2D eigenvalue weighted by molar-refractivity contribution is 7.47. The van der Waals surface area contributed by atoms with Gasteiger partial charge in [0.1, 0.15) is 6.61 Å². The van der Waals surface area contributed by atoms with Crippen LogP contribution in [0.25, 0.3) is 0 Å². The number of allylic oxidation sites excluding steroid dienone is 20. The number of nitrogens with two attached hydrogens (primary N) is 1. The molecule has 0 spiro atoms. The normalized spacial score (nSPS) is 14.5. The number of carbonyl (C=O) groups excluding carboxylic acids is 2. The highest BCUT2D eigenvalue weighted by Crippen LogP contribution is 2.43. The Morgan fingerprint density at radius 3 is 1.44 bits per heavy atom. The van der Waals surface area contributed by atoms with Crippen molar-refractivity contribution >= 4 is 19.8 Å². The lowest BCUT2D eigenvalue weighted by Crippen LogP contribution is -2.29. The van der Waals surface area contributed by atoms with Gasteiger partial charge in [0.05, 0.1) is 13.2 Å². The zero-order chi connectivity index (χ0) is 41.8. The average molecular weight is 812 g/mol. The Labute approximate surface area is 345 Å². The summed E-state index contributed by atoms with van der Waals surface area (Å²) < 4.78 is 32.6. The van der Waals surface area contributed by atoms with Crippen LogP contribution in [0.1, 0.15) is 129 Å². The molecule has 0 bridgehead atoms. The quantitative estimate of drug-likeness (QED) is 0.0272. The van der Waals surface area contributed by atoms with Crippen molar-refractivity contribution in [3.05, 3.63) is 122 Å². The molecule has 0 aliphatic rings. The predicted octanol–water partition coefficient (Wildman–Crippen LogP) is 12.2. The number of hydrogen-bond acceptors (Lipinski definition) is 8. The summed E-state index contributed by atoms with van der Waals surface area (Å²) in [6, 6.07) is 0. The molecule has 2 atom stereocenters. The molecule has 0 rings (SSSR count). The zero-order valence-corrected chi connectivity index (χ0v) is 35.9. The minimum atomic E-state index is -4.42. The van der Waals surface area contributed by atoms with Crippen molar-refractivity contribution in [2.75, 3.05) is 26.4 Å². The molecule has 0 aromatic rings. The Hall–Kier alpha value is -3.59. The van der Waals surface area contributed by atoms with E-state index in [1.165, 1.54) is 19.3 Å². The molecule has 10 heteroatoms. The second kappa shape index (κ2) is 42.0. The monoisotopic (exact) mass is 812 g/mol. The molecule has 0 aromatic heterocycles. The van der Waals surface area contributed by atoms with E-state index >= 15 is 0 Å². The van der Waals surface area contributed by atoms with Gasteiger partial charge in [-0.1, -0.05) is 148 Å². The Bertz CT molecular complexity index is 1340. The number of unbranched alkanes of at least 4 members (excludes halogenated alkanes) is 4. The van der Waals surface area contributed by atoms with Crippen LogP contribution in [0.3, 0.4) is 0 Å². The first-order valence-corrected chi connectivity index (χ1v) is 22.5. The van der Waals surface area contributed by atoms with Crippen molar-refractivity contribution in [3.63, 3.8) is 0 Å². The SMILES string of the molecule is CC/C=C\C/C=C\C/C=C\C/C=C\C/C=C\C/C=C\CCC(=O)OC(COC(=O)CCC/C=C\C/C=C\C/C=C\C/C=C\CCCCC)COP(=O)(O)OCCN. The van der Waals surface area contributed by atoms with Crippen LogP contribution in [-0.4, -0.2) is 49.3 Å². The van der Waals surface area contributed by atoms with Crippen molar-refractivity contribution in [2.24, 2.45) is 5.73 Å². The lowest BCUT2D eigenvalue weighted by atomic mass is 10.2. The molecule has 0 heterocycles. The number of ether oxygens (including phenoxy) is 2. The lowest BCUT2D eigenvalue weighted by molar-refractivity contribution is -0.161. The second-order valence-electron chi connectivity index (χ2n) is 13.1. The number of rotatable bonds is 37. The fraction of sp³-hybridized carbons (Fsp3) is 0.532. The van der Waals surface area contributed by atoms with Crippen LogP contribution in [0.15, 0.2) is 122 Å². The number of phosphoric ester groups is 1. The summed E-state index contributed by atoms with van der Waals surface area (Å²) in [7, 11) is -4.42. The third kappa shape index (κ3) is 41.9. The van der Waals surface area contributed by atoms with Crippen molar-refractivity contribution < 1.29 is 37.6 Å². The van der Waals surface area contributed by atoms with Crippen molar-refractivity contribution in [3.8, 4) is 0 Å². The molecular weight excluding hydrogens is 737 g/mol. The molecule has 0 aliphatic carbocycles. The van der Waals surface area contributed by atoms with Crippen LogP contribution < -0.4 is 5.73 Å². The topological polar surface area (TPSA) is 134 Å². The largest absolute Gasteiger partial charge is 0.472 e. The van der Waals surface area contributed by atoms with Crippen LogP contribution in [0, 0.1) is 0 Å². The molecule has 0 amide bonds. The maximum Gasteiger partial charge on any atom is 0.472 e. The van der Waals surface area contributed by atoms with Crippen molar-refractivity contribution in [2.45, 2.75) is 136 Å². The van der Waals surface area contributed by atoms with Crippen molar-refractivity contribution in [1.29, 1.82) is 0 Å². The third-order valence-electron chi connectivity index (χ3n) is 7.85. The van der Waals surface area contributed by atoms with Gasteiger partial charge >= 0.3 is 19.8 Å². The Balaban J connectivity index is 4.43. The molecule has 0 saturated heterocycles. The van der Waals surface area contributed by atoms with E-state index in [0.717, 1.165) is 70.6 Å². The summed E-state index contributed by atoms with van der Waals surface area (Å²) >= 11 is 0. The van der Waals surface area contributed by atoms with Crippen LogP contribution >= 0.6 is 7.82 Å². The highest BCUT2D eigenvalue weighted by Gasteiger charge is 2.25. The van der Waals surface area contributed by atoms with E-state index in [2.05, 4.69) is 117 Å². The van der Waals surface area contributed by atoms with E-state index in [0.29, 0.717) is 12.8 Å². The minimum absolute atomic E-state index is 0.0274. The number of esters is 2. The van der Waals surface area contributed by atoms with Gasteiger partial charge in [-0.2, -0.15) is 0 Å². The van der Waals surface area contributed by atoms with Gasteiger partial charge in [0.2, 0.25) is 0 Å². The Morgan fingerprint density at radius 1 is 0.544 bits per heavy atom. The number of hydrogen-bond donors (Lipinski definition) is 2.